The van der Waals surface area contributed by atoms with E-state index in [1.165, 1.54) is 6.07 Å². The summed E-state index contributed by atoms with van der Waals surface area (Å²) in [5, 5.41) is 18.7. The summed E-state index contributed by atoms with van der Waals surface area (Å²) >= 11 is 0. The van der Waals surface area contributed by atoms with Crippen molar-refractivity contribution in [3.8, 4) is 0 Å². The van der Waals surface area contributed by atoms with Gasteiger partial charge in [-0.15, -0.1) is 0 Å². The summed E-state index contributed by atoms with van der Waals surface area (Å²) in [6, 6.07) is 7.04. The number of hydrogen-bond donors (Lipinski definition) is 1. The third-order valence-electron chi connectivity index (χ3n) is 3.44. The van der Waals surface area contributed by atoms with Crippen LogP contribution < -0.4 is 5.32 Å². The highest BCUT2D eigenvalue weighted by Crippen LogP contribution is 2.20. The van der Waals surface area contributed by atoms with Gasteiger partial charge in [0.15, 0.2) is 0 Å². The molecule has 0 spiro atoms. The van der Waals surface area contributed by atoms with Crippen LogP contribution >= 0.6 is 0 Å². The van der Waals surface area contributed by atoms with Crippen molar-refractivity contribution >= 4 is 5.69 Å². The van der Waals surface area contributed by atoms with Crippen molar-refractivity contribution < 1.29 is 4.92 Å². The van der Waals surface area contributed by atoms with Crippen LogP contribution in [-0.2, 0) is 6.54 Å². The van der Waals surface area contributed by atoms with Gasteiger partial charge in [-0.1, -0.05) is 32.0 Å². The zero-order chi connectivity index (χ0) is 15.2. The van der Waals surface area contributed by atoms with Crippen molar-refractivity contribution in [3.63, 3.8) is 0 Å². The van der Waals surface area contributed by atoms with E-state index >= 15 is 0 Å². The van der Waals surface area contributed by atoms with Crippen LogP contribution in [0.25, 0.3) is 0 Å². The van der Waals surface area contributed by atoms with E-state index < -0.39 is 0 Å². The van der Waals surface area contributed by atoms with Crippen LogP contribution in [0, 0.1) is 10.1 Å². The molecule has 0 amide bonds. The van der Waals surface area contributed by atoms with Crippen molar-refractivity contribution in [1.82, 2.24) is 15.1 Å². The minimum Gasteiger partial charge on any atom is -0.310 e. The molecule has 0 radical (unpaired) electrons. The number of hydrogen-bond acceptors (Lipinski definition) is 4. The predicted octanol–water partition coefficient (Wildman–Crippen LogP) is 2.90. The molecule has 0 aliphatic rings. The Labute approximate surface area is 123 Å². The summed E-state index contributed by atoms with van der Waals surface area (Å²) in [4.78, 5) is 10.7. The molecule has 21 heavy (non-hydrogen) atoms. The van der Waals surface area contributed by atoms with Crippen molar-refractivity contribution in [1.29, 1.82) is 0 Å². The Morgan fingerprint density at radius 2 is 2.14 bits per heavy atom. The lowest BCUT2D eigenvalue weighted by atomic mass is 10.1. The largest absolute Gasteiger partial charge is 0.310 e. The quantitative estimate of drug-likeness (QED) is 0.628. The Bertz CT molecular complexity index is 609. The third-order valence-corrected chi connectivity index (χ3v) is 3.44. The molecule has 0 saturated heterocycles. The molecular weight excluding hydrogens is 268 g/mol. The monoisotopic (exact) mass is 288 g/mol. The number of nitrogens with zero attached hydrogens (tertiary/aromatic N) is 3. The van der Waals surface area contributed by atoms with Crippen molar-refractivity contribution in [2.45, 2.75) is 32.9 Å². The molecule has 6 nitrogen and oxygen atoms in total. The van der Waals surface area contributed by atoms with E-state index in [2.05, 4.69) is 24.3 Å². The van der Waals surface area contributed by atoms with Gasteiger partial charge in [0, 0.05) is 23.9 Å². The number of benzene rings is 1. The second-order valence-electron chi connectivity index (χ2n) is 4.88. The highest BCUT2D eigenvalue weighted by atomic mass is 16.6. The van der Waals surface area contributed by atoms with E-state index in [0.717, 1.165) is 18.5 Å². The molecule has 1 aromatic heterocycles. The van der Waals surface area contributed by atoms with Crippen LogP contribution in [-0.4, -0.2) is 21.2 Å². The van der Waals surface area contributed by atoms with E-state index in [-0.39, 0.29) is 16.7 Å². The van der Waals surface area contributed by atoms with Crippen molar-refractivity contribution in [3.05, 3.63) is 57.9 Å². The standard InChI is InChI=1S/C15H20N4O2/c1-3-14(16-4-2)13-9-17-18(11-13)10-12-7-5-6-8-15(12)19(20)21/h5-9,11,14,16H,3-4,10H2,1-2H3. The van der Waals surface area contributed by atoms with Gasteiger partial charge < -0.3 is 5.32 Å². The Morgan fingerprint density at radius 1 is 1.38 bits per heavy atom. The molecule has 1 aromatic carbocycles. The number of para-hydroxylation sites is 1. The first-order chi connectivity index (χ1) is 10.2. The van der Waals surface area contributed by atoms with E-state index in [9.17, 15) is 10.1 Å². The molecule has 0 aliphatic heterocycles. The molecule has 112 valence electrons. The van der Waals surface area contributed by atoms with Crippen LogP contribution in [0.3, 0.4) is 0 Å². The maximum absolute atomic E-state index is 11.0. The van der Waals surface area contributed by atoms with Gasteiger partial charge in [-0.3, -0.25) is 14.8 Å². The van der Waals surface area contributed by atoms with Gasteiger partial charge in [-0.25, -0.2) is 0 Å². The normalized spacial score (nSPS) is 12.3. The Hall–Kier alpha value is -2.21. The highest BCUT2D eigenvalue weighted by molar-refractivity contribution is 5.39. The molecule has 1 heterocycles. The number of aromatic nitrogens is 2. The van der Waals surface area contributed by atoms with Gasteiger partial charge in [-0.05, 0) is 13.0 Å². The van der Waals surface area contributed by atoms with Gasteiger partial charge in [0.2, 0.25) is 0 Å². The average molecular weight is 288 g/mol. The summed E-state index contributed by atoms with van der Waals surface area (Å²) in [5.74, 6) is 0. The molecule has 2 aromatic rings. The zero-order valence-corrected chi connectivity index (χ0v) is 12.3. The fraction of sp³-hybridized carbons (Fsp3) is 0.400. The summed E-state index contributed by atoms with van der Waals surface area (Å²) in [6.07, 6.45) is 4.75. The van der Waals surface area contributed by atoms with Crippen LogP contribution in [0.4, 0.5) is 5.69 Å². The van der Waals surface area contributed by atoms with Crippen LogP contribution in [0.5, 0.6) is 0 Å². The maximum Gasteiger partial charge on any atom is 0.274 e. The van der Waals surface area contributed by atoms with Crippen LogP contribution in [0.2, 0.25) is 0 Å². The lowest BCUT2D eigenvalue weighted by molar-refractivity contribution is -0.385. The highest BCUT2D eigenvalue weighted by Gasteiger charge is 2.14. The lowest BCUT2D eigenvalue weighted by Gasteiger charge is -2.13. The smallest absolute Gasteiger partial charge is 0.274 e. The Morgan fingerprint density at radius 3 is 2.81 bits per heavy atom. The van der Waals surface area contributed by atoms with Gasteiger partial charge in [0.1, 0.15) is 0 Å². The molecular formula is C15H20N4O2. The molecule has 1 atom stereocenters. The molecule has 2 rings (SSSR count). The Kier molecular flexibility index (Phi) is 5.05. The number of rotatable bonds is 7. The van der Waals surface area contributed by atoms with Gasteiger partial charge in [0.05, 0.1) is 23.2 Å². The second-order valence-corrected chi connectivity index (χ2v) is 4.88. The van der Waals surface area contributed by atoms with E-state index in [1.54, 1.807) is 22.9 Å². The molecule has 1 N–H and O–H groups in total. The first kappa shape index (κ1) is 15.2. The van der Waals surface area contributed by atoms with E-state index in [4.69, 9.17) is 0 Å². The first-order valence-electron chi connectivity index (χ1n) is 7.13. The molecule has 6 heteroatoms. The first-order valence-corrected chi connectivity index (χ1v) is 7.13. The fourth-order valence-corrected chi connectivity index (χ4v) is 2.39. The van der Waals surface area contributed by atoms with Crippen LogP contribution in [0.15, 0.2) is 36.7 Å². The minimum absolute atomic E-state index is 0.133. The SMILES string of the molecule is CCNC(CC)c1cnn(Cc2ccccc2[N+](=O)[O-])c1. The maximum atomic E-state index is 11.0. The third kappa shape index (κ3) is 3.66. The summed E-state index contributed by atoms with van der Waals surface area (Å²) in [7, 11) is 0. The molecule has 0 aliphatic carbocycles. The zero-order valence-electron chi connectivity index (χ0n) is 12.3. The average Bonchev–Trinajstić information content (AvgIpc) is 2.93. The van der Waals surface area contributed by atoms with Crippen LogP contribution in [0.1, 0.15) is 37.4 Å². The van der Waals surface area contributed by atoms with Crippen molar-refractivity contribution in [2.24, 2.45) is 0 Å². The fourth-order valence-electron chi connectivity index (χ4n) is 2.39. The summed E-state index contributed by atoms with van der Waals surface area (Å²) in [6.45, 7) is 5.49. The topological polar surface area (TPSA) is 73.0 Å². The van der Waals surface area contributed by atoms with Gasteiger partial charge in [-0.2, -0.15) is 5.10 Å². The predicted molar refractivity (Wildman–Crippen MR) is 81.1 cm³/mol. The van der Waals surface area contributed by atoms with E-state index in [1.807, 2.05) is 12.4 Å². The molecule has 1 unspecified atom stereocenters. The summed E-state index contributed by atoms with van der Waals surface area (Å²) < 4.78 is 1.75. The number of nitrogens with one attached hydrogen (secondary N) is 1. The minimum atomic E-state index is -0.354. The molecule has 0 saturated carbocycles. The summed E-state index contributed by atoms with van der Waals surface area (Å²) in [5.41, 5.74) is 1.90. The van der Waals surface area contributed by atoms with Gasteiger partial charge >= 0.3 is 0 Å². The lowest BCUT2D eigenvalue weighted by Crippen LogP contribution is -2.19. The van der Waals surface area contributed by atoms with Gasteiger partial charge in [0.25, 0.3) is 5.69 Å². The molecule has 0 bridgehead atoms. The van der Waals surface area contributed by atoms with E-state index in [0.29, 0.717) is 12.1 Å². The Balaban J connectivity index is 2.18. The number of nitro groups is 1. The van der Waals surface area contributed by atoms with Crippen molar-refractivity contribution in [2.75, 3.05) is 6.54 Å². The second kappa shape index (κ2) is 6.99. The molecule has 0 fully saturated rings. The number of nitro benzene ring substituents is 1.